The first-order valence-corrected chi connectivity index (χ1v) is 10.5. The zero-order chi connectivity index (χ0) is 22.2. The molecule has 9 heteroatoms. The number of rotatable bonds is 7. The molecule has 0 fully saturated rings. The highest BCUT2D eigenvalue weighted by molar-refractivity contribution is 9.10. The van der Waals surface area contributed by atoms with E-state index in [1.165, 1.54) is 6.21 Å². The van der Waals surface area contributed by atoms with Gasteiger partial charge in [-0.2, -0.15) is 5.10 Å². The molecule has 0 saturated carbocycles. The molecule has 0 saturated heterocycles. The zero-order valence-electron chi connectivity index (χ0n) is 15.9. The number of hydrogen-bond donors (Lipinski definition) is 2. The average molecular weight is 521 g/mol. The number of amides is 2. The summed E-state index contributed by atoms with van der Waals surface area (Å²) in [6, 6.07) is 18.7. The Labute approximate surface area is 197 Å². The van der Waals surface area contributed by atoms with E-state index >= 15 is 0 Å². The largest absolute Gasteiger partial charge is 0.482 e. The maximum absolute atomic E-state index is 12.1. The van der Waals surface area contributed by atoms with Crippen LogP contribution in [0.15, 0.2) is 76.3 Å². The average Bonchev–Trinajstić information content (AvgIpc) is 2.75. The van der Waals surface area contributed by atoms with Gasteiger partial charge in [0.05, 0.1) is 21.9 Å². The van der Waals surface area contributed by atoms with Gasteiger partial charge >= 0.3 is 0 Å². The van der Waals surface area contributed by atoms with Gasteiger partial charge in [0.25, 0.3) is 11.8 Å². The molecule has 0 unspecified atom stereocenters. The molecule has 3 aromatic rings. The Hall–Kier alpha value is -2.87. The number of carbonyl (C=O) groups excluding carboxylic acids is 2. The fraction of sp³-hybridized carbons (Fsp3) is 0.0455. The van der Waals surface area contributed by atoms with Crippen molar-refractivity contribution in [1.82, 2.24) is 5.43 Å². The van der Waals surface area contributed by atoms with Crippen LogP contribution < -0.4 is 15.5 Å². The fourth-order valence-electron chi connectivity index (χ4n) is 2.44. The van der Waals surface area contributed by atoms with Gasteiger partial charge in [0.15, 0.2) is 6.61 Å². The van der Waals surface area contributed by atoms with Gasteiger partial charge in [-0.05, 0) is 60.2 Å². The second kappa shape index (κ2) is 10.9. The molecule has 0 radical (unpaired) electrons. The third-order valence-electron chi connectivity index (χ3n) is 3.95. The molecule has 3 aromatic carbocycles. The summed E-state index contributed by atoms with van der Waals surface area (Å²) >= 11 is 15.5. The van der Waals surface area contributed by atoms with E-state index in [1.54, 1.807) is 66.7 Å². The predicted octanol–water partition coefficient (Wildman–Crippen LogP) is 5.54. The van der Waals surface area contributed by atoms with Crippen LogP contribution >= 0.6 is 39.1 Å². The van der Waals surface area contributed by atoms with Crippen molar-refractivity contribution < 1.29 is 14.3 Å². The summed E-state index contributed by atoms with van der Waals surface area (Å²) in [4.78, 5) is 24.1. The van der Waals surface area contributed by atoms with Crippen molar-refractivity contribution in [3.05, 3.63) is 92.4 Å². The lowest BCUT2D eigenvalue weighted by molar-refractivity contribution is -0.118. The van der Waals surface area contributed by atoms with E-state index in [4.69, 9.17) is 27.9 Å². The van der Waals surface area contributed by atoms with Crippen molar-refractivity contribution in [2.75, 3.05) is 11.9 Å². The minimum atomic E-state index is -0.370. The van der Waals surface area contributed by atoms with Crippen molar-refractivity contribution in [1.29, 1.82) is 0 Å². The van der Waals surface area contributed by atoms with Crippen LogP contribution in [0, 0.1) is 0 Å². The second-order valence-electron chi connectivity index (χ2n) is 6.21. The highest BCUT2D eigenvalue weighted by atomic mass is 79.9. The molecule has 0 aromatic heterocycles. The smallest absolute Gasteiger partial charge is 0.271 e. The van der Waals surface area contributed by atoms with Crippen molar-refractivity contribution in [3.63, 3.8) is 0 Å². The fourth-order valence-corrected chi connectivity index (χ4v) is 3.13. The molecule has 0 bridgehead atoms. The summed E-state index contributed by atoms with van der Waals surface area (Å²) in [5.41, 5.74) is 4.08. The molecule has 0 heterocycles. The Bertz CT molecular complexity index is 1120. The minimum Gasteiger partial charge on any atom is -0.482 e. The number of anilines is 1. The summed E-state index contributed by atoms with van der Waals surface area (Å²) in [5, 5.41) is 7.33. The van der Waals surface area contributed by atoms with Crippen LogP contribution in [0.1, 0.15) is 15.9 Å². The molecule has 0 spiro atoms. The monoisotopic (exact) mass is 519 g/mol. The van der Waals surface area contributed by atoms with Gasteiger partial charge in [-0.3, -0.25) is 9.59 Å². The molecule has 31 heavy (non-hydrogen) atoms. The third kappa shape index (κ3) is 6.82. The maximum Gasteiger partial charge on any atom is 0.271 e. The van der Waals surface area contributed by atoms with Gasteiger partial charge in [-0.15, -0.1) is 0 Å². The zero-order valence-corrected chi connectivity index (χ0v) is 19.0. The van der Waals surface area contributed by atoms with E-state index < -0.39 is 0 Å². The lowest BCUT2D eigenvalue weighted by atomic mass is 10.2. The number of carbonyl (C=O) groups is 2. The topological polar surface area (TPSA) is 79.8 Å². The number of hydrazone groups is 1. The van der Waals surface area contributed by atoms with E-state index in [0.717, 1.165) is 4.47 Å². The molecule has 0 atom stereocenters. The van der Waals surface area contributed by atoms with Crippen LogP contribution in [0.25, 0.3) is 0 Å². The Morgan fingerprint density at radius 3 is 2.45 bits per heavy atom. The normalized spacial score (nSPS) is 10.7. The first kappa shape index (κ1) is 22.8. The van der Waals surface area contributed by atoms with Crippen molar-refractivity contribution in [3.8, 4) is 5.75 Å². The predicted molar refractivity (Wildman–Crippen MR) is 126 cm³/mol. The van der Waals surface area contributed by atoms with Gasteiger partial charge < -0.3 is 10.1 Å². The lowest BCUT2D eigenvalue weighted by Crippen LogP contribution is -2.20. The number of nitrogens with zero attached hydrogens (tertiary/aromatic N) is 1. The molecule has 0 aliphatic rings. The lowest BCUT2D eigenvalue weighted by Gasteiger charge is -2.10. The second-order valence-corrected chi connectivity index (χ2v) is 7.94. The summed E-state index contributed by atoms with van der Waals surface area (Å²) in [7, 11) is 0. The van der Waals surface area contributed by atoms with Crippen molar-refractivity contribution in [2.45, 2.75) is 0 Å². The van der Waals surface area contributed by atoms with Crippen LogP contribution in [0.4, 0.5) is 5.69 Å². The quantitative estimate of drug-likeness (QED) is 0.317. The highest BCUT2D eigenvalue weighted by Gasteiger charge is 2.09. The maximum atomic E-state index is 12.1. The van der Waals surface area contributed by atoms with Gasteiger partial charge in [0.1, 0.15) is 5.75 Å². The van der Waals surface area contributed by atoms with Gasteiger partial charge in [-0.25, -0.2) is 5.43 Å². The number of hydrogen-bond acceptors (Lipinski definition) is 4. The molecule has 2 N–H and O–H groups in total. The summed E-state index contributed by atoms with van der Waals surface area (Å²) < 4.78 is 6.35. The Kier molecular flexibility index (Phi) is 8.06. The van der Waals surface area contributed by atoms with Crippen molar-refractivity contribution in [2.24, 2.45) is 5.10 Å². The number of ether oxygens (including phenoxy) is 1. The Morgan fingerprint density at radius 1 is 1.00 bits per heavy atom. The first-order chi connectivity index (χ1) is 14.9. The standard InChI is InChI=1S/C22H16BrCl2N3O3/c23-16-8-6-15(7-9-16)22(30)28-26-12-14-5-10-20(18(25)11-14)31-13-21(29)27-19-4-2-1-3-17(19)24/h1-12H,13H2,(H,27,29)(H,28,30)/b26-12+. The summed E-state index contributed by atoms with van der Waals surface area (Å²) in [6.07, 6.45) is 1.45. The Morgan fingerprint density at radius 2 is 1.74 bits per heavy atom. The molecule has 0 aliphatic heterocycles. The molecule has 2 amide bonds. The SMILES string of the molecule is O=C(COc1ccc(/C=N/NC(=O)c2ccc(Br)cc2)cc1Cl)Nc1ccccc1Cl. The van der Waals surface area contributed by atoms with Crippen LogP contribution in [-0.2, 0) is 4.79 Å². The molecular weight excluding hydrogens is 505 g/mol. The van der Waals surface area contributed by atoms with Gasteiger partial charge in [-0.1, -0.05) is 51.3 Å². The number of para-hydroxylation sites is 1. The molecule has 6 nitrogen and oxygen atoms in total. The molecule has 158 valence electrons. The number of halogens is 3. The van der Waals surface area contributed by atoms with E-state index in [1.807, 2.05) is 0 Å². The van der Waals surface area contributed by atoms with E-state index in [-0.39, 0.29) is 18.4 Å². The molecular formula is C22H16BrCl2N3O3. The van der Waals surface area contributed by atoms with Gasteiger partial charge in [0, 0.05) is 10.0 Å². The summed E-state index contributed by atoms with van der Waals surface area (Å²) in [5.74, 6) is -0.364. The van der Waals surface area contributed by atoms with E-state index in [0.29, 0.717) is 32.6 Å². The van der Waals surface area contributed by atoms with Crippen LogP contribution in [0.5, 0.6) is 5.75 Å². The van der Waals surface area contributed by atoms with E-state index in [2.05, 4.69) is 31.8 Å². The van der Waals surface area contributed by atoms with Crippen LogP contribution in [0.3, 0.4) is 0 Å². The Balaban J connectivity index is 1.52. The third-order valence-corrected chi connectivity index (χ3v) is 5.10. The molecule has 3 rings (SSSR count). The van der Waals surface area contributed by atoms with Crippen molar-refractivity contribution >= 4 is 62.8 Å². The van der Waals surface area contributed by atoms with Gasteiger partial charge in [0.2, 0.25) is 0 Å². The molecule has 0 aliphatic carbocycles. The number of benzene rings is 3. The minimum absolute atomic E-state index is 0.234. The van der Waals surface area contributed by atoms with Crippen LogP contribution in [-0.4, -0.2) is 24.6 Å². The first-order valence-electron chi connectivity index (χ1n) is 8.98. The highest BCUT2D eigenvalue weighted by Crippen LogP contribution is 2.25. The van der Waals surface area contributed by atoms with Crippen LogP contribution in [0.2, 0.25) is 10.0 Å². The summed E-state index contributed by atoms with van der Waals surface area (Å²) in [6.45, 7) is -0.234. The van der Waals surface area contributed by atoms with E-state index in [9.17, 15) is 9.59 Å². The number of nitrogens with one attached hydrogen (secondary N) is 2.